The van der Waals surface area contributed by atoms with Gasteiger partial charge in [-0.3, -0.25) is 10.2 Å². The Labute approximate surface area is 214 Å². The predicted octanol–water partition coefficient (Wildman–Crippen LogP) is 5.26. The number of hydrogen-bond acceptors (Lipinski definition) is 5. The highest BCUT2D eigenvalue weighted by molar-refractivity contribution is 5.94. The van der Waals surface area contributed by atoms with Gasteiger partial charge in [-0.1, -0.05) is 30.3 Å². The molecule has 0 spiro atoms. The third-order valence-electron chi connectivity index (χ3n) is 5.00. The Balaban J connectivity index is 0.00000456. The van der Waals surface area contributed by atoms with Gasteiger partial charge in [0.2, 0.25) is 0 Å². The zero-order valence-electron chi connectivity index (χ0n) is 19.8. The highest BCUT2D eigenvalue weighted by Crippen LogP contribution is 2.34. The minimum atomic E-state index is -1.53. The predicted molar refractivity (Wildman–Crippen MR) is 135 cm³/mol. The molecule has 0 aromatic heterocycles. The van der Waals surface area contributed by atoms with E-state index in [1.807, 2.05) is 6.92 Å². The molecule has 3 aromatic carbocycles. The average molecular weight is 520 g/mol. The second-order valence-corrected chi connectivity index (χ2v) is 7.45. The fourth-order valence-corrected chi connectivity index (χ4v) is 3.33. The van der Waals surface area contributed by atoms with Crippen molar-refractivity contribution >= 4 is 24.1 Å². The van der Waals surface area contributed by atoms with Crippen LogP contribution >= 0.6 is 12.4 Å². The van der Waals surface area contributed by atoms with Crippen molar-refractivity contribution in [1.29, 1.82) is 5.41 Å². The van der Waals surface area contributed by atoms with Crippen LogP contribution < -0.4 is 20.5 Å². The van der Waals surface area contributed by atoms with Gasteiger partial charge in [-0.05, 0) is 43.7 Å². The molecule has 1 unspecified atom stereocenters. The minimum absolute atomic E-state index is 0. The first-order valence-electron chi connectivity index (χ1n) is 11.0. The maximum absolute atomic E-state index is 15.4. The average Bonchev–Trinajstić information content (AvgIpc) is 2.84. The number of ether oxygens (including phenoxy) is 3. The zero-order chi connectivity index (χ0) is 25.4. The maximum atomic E-state index is 15.4. The molecule has 0 heterocycles. The van der Waals surface area contributed by atoms with Gasteiger partial charge in [-0.2, -0.15) is 0 Å². The first-order valence-corrected chi connectivity index (χ1v) is 11.0. The van der Waals surface area contributed by atoms with Gasteiger partial charge in [0.25, 0.3) is 5.91 Å². The lowest BCUT2D eigenvalue weighted by atomic mass is 10.1. The quantitative estimate of drug-likeness (QED) is 0.237. The zero-order valence-corrected chi connectivity index (χ0v) is 20.7. The van der Waals surface area contributed by atoms with Crippen molar-refractivity contribution in [3.8, 4) is 17.2 Å². The van der Waals surface area contributed by atoms with E-state index >= 15 is 4.39 Å². The molecule has 36 heavy (non-hydrogen) atoms. The van der Waals surface area contributed by atoms with Crippen molar-refractivity contribution in [1.82, 2.24) is 5.32 Å². The van der Waals surface area contributed by atoms with Crippen LogP contribution in [0.15, 0.2) is 60.7 Å². The monoisotopic (exact) mass is 519 g/mol. The van der Waals surface area contributed by atoms with Gasteiger partial charge in [-0.15, -0.1) is 12.4 Å². The number of hydrogen-bond donors (Lipinski definition) is 3. The summed E-state index contributed by atoms with van der Waals surface area (Å²) in [5, 5.41) is 10.1. The molecule has 0 saturated carbocycles. The topological polar surface area (TPSA) is 107 Å². The van der Waals surface area contributed by atoms with Gasteiger partial charge in [0.05, 0.1) is 12.2 Å². The smallest absolute Gasteiger partial charge is 0.254 e. The molecule has 0 aliphatic heterocycles. The summed E-state index contributed by atoms with van der Waals surface area (Å²) < 4.78 is 46.6. The lowest BCUT2D eigenvalue weighted by Crippen LogP contribution is -2.31. The molecule has 0 radical (unpaired) electrons. The third-order valence-corrected chi connectivity index (χ3v) is 5.00. The van der Waals surface area contributed by atoms with Gasteiger partial charge in [0.15, 0.2) is 17.7 Å². The largest absolute Gasteiger partial charge is 0.494 e. The van der Waals surface area contributed by atoms with Crippen molar-refractivity contribution in [2.75, 3.05) is 13.2 Å². The summed E-state index contributed by atoms with van der Waals surface area (Å²) in [6.45, 7) is 4.04. The number of halogens is 3. The van der Waals surface area contributed by atoms with Crippen LogP contribution in [0, 0.1) is 17.0 Å². The third kappa shape index (κ3) is 7.16. The summed E-state index contributed by atoms with van der Waals surface area (Å²) in [7, 11) is 0. The Morgan fingerprint density at radius 2 is 1.72 bits per heavy atom. The van der Waals surface area contributed by atoms with E-state index < -0.39 is 29.2 Å². The number of benzene rings is 3. The highest BCUT2D eigenvalue weighted by atomic mass is 35.5. The molecule has 1 atom stereocenters. The van der Waals surface area contributed by atoms with Gasteiger partial charge in [0.1, 0.15) is 23.2 Å². The van der Waals surface area contributed by atoms with E-state index in [2.05, 4.69) is 5.32 Å². The highest BCUT2D eigenvalue weighted by Gasteiger charge is 2.30. The van der Waals surface area contributed by atoms with Crippen LogP contribution in [-0.2, 0) is 16.1 Å². The van der Waals surface area contributed by atoms with E-state index in [0.29, 0.717) is 29.2 Å². The van der Waals surface area contributed by atoms with Crippen molar-refractivity contribution in [3.05, 3.63) is 89.0 Å². The summed E-state index contributed by atoms with van der Waals surface area (Å²) in [6, 6.07) is 15.4. The Kier molecular flexibility index (Phi) is 10.6. The molecule has 0 aliphatic rings. The van der Waals surface area contributed by atoms with Gasteiger partial charge in [0, 0.05) is 24.8 Å². The molecular weight excluding hydrogens is 492 g/mol. The summed E-state index contributed by atoms with van der Waals surface area (Å²) in [5.41, 5.74) is 6.15. The Bertz CT molecular complexity index is 1190. The minimum Gasteiger partial charge on any atom is -0.494 e. The number of rotatable bonds is 11. The van der Waals surface area contributed by atoms with Crippen molar-refractivity contribution in [3.63, 3.8) is 0 Å². The molecule has 4 N–H and O–H groups in total. The van der Waals surface area contributed by atoms with Crippen molar-refractivity contribution in [2.45, 2.75) is 26.5 Å². The number of nitrogens with one attached hydrogen (secondary N) is 2. The number of amides is 1. The first kappa shape index (κ1) is 28.5. The van der Waals surface area contributed by atoms with Crippen LogP contribution in [0.3, 0.4) is 0 Å². The lowest BCUT2D eigenvalue weighted by molar-refractivity contribution is -0.133. The summed E-state index contributed by atoms with van der Waals surface area (Å²) in [5.74, 6) is -2.18. The molecule has 7 nitrogen and oxygen atoms in total. The number of carbonyl (C=O) groups is 1. The van der Waals surface area contributed by atoms with Gasteiger partial charge >= 0.3 is 0 Å². The Hall–Kier alpha value is -3.69. The molecule has 3 rings (SSSR count). The number of nitrogen functional groups attached to an aromatic ring is 1. The number of amidine groups is 1. The molecule has 0 bridgehead atoms. The fraction of sp³-hybridized carbons (Fsp3) is 0.231. The number of carbonyl (C=O) groups excluding carboxylic acids is 1. The Morgan fingerprint density at radius 3 is 2.36 bits per heavy atom. The molecule has 10 heteroatoms. The van der Waals surface area contributed by atoms with Crippen molar-refractivity contribution in [2.24, 2.45) is 5.73 Å². The van der Waals surface area contributed by atoms with E-state index in [0.717, 1.165) is 12.1 Å². The first-order chi connectivity index (χ1) is 16.8. The van der Waals surface area contributed by atoms with E-state index in [4.69, 9.17) is 25.4 Å². The Morgan fingerprint density at radius 1 is 1.03 bits per heavy atom. The van der Waals surface area contributed by atoms with E-state index in [-0.39, 0.29) is 37.1 Å². The lowest BCUT2D eigenvalue weighted by Gasteiger charge is -2.20. The van der Waals surface area contributed by atoms with Crippen LogP contribution in [0.2, 0.25) is 0 Å². The van der Waals surface area contributed by atoms with E-state index in [9.17, 15) is 9.18 Å². The molecule has 3 aromatic rings. The van der Waals surface area contributed by atoms with E-state index in [1.54, 1.807) is 55.5 Å². The van der Waals surface area contributed by atoms with E-state index in [1.165, 1.54) is 0 Å². The summed E-state index contributed by atoms with van der Waals surface area (Å²) in [4.78, 5) is 12.9. The molecule has 0 aliphatic carbocycles. The molecular formula is C26H28ClF2N3O4. The molecule has 192 valence electrons. The molecule has 0 saturated heterocycles. The van der Waals surface area contributed by atoms with Crippen LogP contribution in [0.25, 0.3) is 0 Å². The van der Waals surface area contributed by atoms with Crippen molar-refractivity contribution < 1.29 is 27.8 Å². The second-order valence-electron chi connectivity index (χ2n) is 7.45. The number of nitrogens with two attached hydrogens (primary N) is 1. The fourth-order valence-electron chi connectivity index (χ4n) is 3.33. The maximum Gasteiger partial charge on any atom is 0.254 e. The van der Waals surface area contributed by atoms with Crippen LogP contribution in [-0.4, -0.2) is 25.0 Å². The van der Waals surface area contributed by atoms with Gasteiger partial charge < -0.3 is 25.3 Å². The summed E-state index contributed by atoms with van der Waals surface area (Å²) >= 11 is 0. The second kappa shape index (κ2) is 13.4. The van der Waals surface area contributed by atoms with Crippen LogP contribution in [0.5, 0.6) is 17.2 Å². The van der Waals surface area contributed by atoms with Crippen LogP contribution in [0.1, 0.15) is 36.6 Å². The van der Waals surface area contributed by atoms with Crippen LogP contribution in [0.4, 0.5) is 8.78 Å². The summed E-state index contributed by atoms with van der Waals surface area (Å²) in [6.07, 6.45) is -1.53. The standard InChI is InChI=1S/C26H27F2N3O4.ClH/c1-3-33-18-6-5-7-19(14-18)35-21-13-12-20(27)22(23(21)28)24(34-4-2)26(32)31-15-16-8-10-17(11-9-16)25(29)30;/h5-14,24H,3-4,15H2,1-2H3,(H3,29,30)(H,31,32);1H. The molecule has 1 amide bonds. The SMILES string of the molecule is CCOc1cccc(Oc2ccc(F)c(C(OCC)C(=O)NCc3ccc(C(=N)N)cc3)c2F)c1.Cl. The normalized spacial score (nSPS) is 11.2. The molecule has 0 fully saturated rings. The van der Waals surface area contributed by atoms with Gasteiger partial charge in [-0.25, -0.2) is 8.78 Å².